The Kier molecular flexibility index (Phi) is 14.8. The van der Waals surface area contributed by atoms with Crippen LogP contribution in [-0.2, 0) is 22.6 Å². The first-order chi connectivity index (χ1) is 21.6. The van der Waals surface area contributed by atoms with E-state index in [1.54, 1.807) is 19.2 Å². The Morgan fingerprint density at radius 2 is 2.00 bits per heavy atom. The summed E-state index contributed by atoms with van der Waals surface area (Å²) in [4.78, 5) is 16.3. The molecule has 1 aliphatic heterocycles. The van der Waals surface area contributed by atoms with E-state index >= 15 is 0 Å². The number of benzene rings is 1. The van der Waals surface area contributed by atoms with Crippen molar-refractivity contribution in [2.75, 3.05) is 26.7 Å². The van der Waals surface area contributed by atoms with Crippen LogP contribution in [0.3, 0.4) is 0 Å². The number of aromatic hydroxyl groups is 1. The minimum Gasteiger partial charge on any atom is -0.504 e. The third-order valence-electron chi connectivity index (χ3n) is 9.50. The predicted molar refractivity (Wildman–Crippen MR) is 177 cm³/mol. The van der Waals surface area contributed by atoms with Crippen molar-refractivity contribution in [1.82, 2.24) is 10.6 Å². The van der Waals surface area contributed by atoms with Crippen LogP contribution in [0, 0.1) is 29.1 Å². The Labute approximate surface area is 269 Å². The van der Waals surface area contributed by atoms with Gasteiger partial charge in [0.05, 0.1) is 18.1 Å². The maximum absolute atomic E-state index is 12.2. The fourth-order valence-corrected chi connectivity index (χ4v) is 6.56. The zero-order valence-electron chi connectivity index (χ0n) is 27.7. The number of nitrogens with one attached hydrogen (secondary N) is 2. The molecular formula is C35H56N4O6. The maximum atomic E-state index is 12.2. The van der Waals surface area contributed by atoms with Crippen LogP contribution >= 0.6 is 0 Å². The second-order valence-electron chi connectivity index (χ2n) is 12.9. The normalized spacial score (nSPS) is 25.5. The first-order valence-electron chi connectivity index (χ1n) is 16.7. The second-order valence-corrected chi connectivity index (χ2v) is 12.9. The zero-order chi connectivity index (χ0) is 32.8. The molecule has 1 fully saturated rings. The number of unbranched alkanes of at least 4 members (excludes halogenated alkanes) is 2. The number of nitrogens with two attached hydrogens (primary N) is 1. The van der Waals surface area contributed by atoms with Crippen molar-refractivity contribution in [2.24, 2.45) is 28.0 Å². The number of phenols is 1. The van der Waals surface area contributed by atoms with E-state index in [-0.39, 0.29) is 36.7 Å². The molecule has 1 saturated heterocycles. The number of aliphatic hydroxyl groups excluding tert-OH is 2. The maximum Gasteiger partial charge on any atom is 0.302 e. The quantitative estimate of drug-likeness (QED) is 0.0629. The van der Waals surface area contributed by atoms with Gasteiger partial charge in [0, 0.05) is 39.3 Å². The molecule has 1 aromatic rings. The molecule has 3 rings (SSSR count). The lowest BCUT2D eigenvalue weighted by molar-refractivity contribution is -0.151. The van der Waals surface area contributed by atoms with Gasteiger partial charge >= 0.3 is 5.97 Å². The second kappa shape index (κ2) is 18.2. The van der Waals surface area contributed by atoms with E-state index in [4.69, 9.17) is 15.2 Å². The van der Waals surface area contributed by atoms with Crippen molar-refractivity contribution in [1.29, 1.82) is 0 Å². The molecule has 0 aromatic heterocycles. The van der Waals surface area contributed by atoms with Gasteiger partial charge in [0.15, 0.2) is 17.5 Å². The minimum atomic E-state index is -0.702. The van der Waals surface area contributed by atoms with Gasteiger partial charge in [-0.05, 0) is 80.8 Å². The number of hydrogen-bond acceptors (Lipinski definition) is 8. The van der Waals surface area contributed by atoms with E-state index in [2.05, 4.69) is 41.3 Å². The van der Waals surface area contributed by atoms with Gasteiger partial charge in [-0.3, -0.25) is 9.79 Å². The molecule has 2 aliphatic rings. The number of guanidine groups is 1. The van der Waals surface area contributed by atoms with Gasteiger partial charge in [0.25, 0.3) is 0 Å². The predicted octanol–water partition coefficient (Wildman–Crippen LogP) is 3.78. The van der Waals surface area contributed by atoms with E-state index < -0.39 is 23.6 Å². The van der Waals surface area contributed by atoms with Gasteiger partial charge in [-0.2, -0.15) is 0 Å². The van der Waals surface area contributed by atoms with E-state index in [0.29, 0.717) is 49.5 Å². The largest absolute Gasteiger partial charge is 0.504 e. The lowest BCUT2D eigenvalue weighted by Gasteiger charge is -2.37. The topological polar surface area (TPSA) is 159 Å². The Balaban J connectivity index is 1.99. The fraction of sp³-hybridized carbons (Fsp3) is 0.714. The molecule has 0 bridgehead atoms. The SMILES string of the molecule is CCCCCC(C)C1(CNC(N)=NC)C#CCC(Cc2cc(OC3CCNCC3)c(O)cc2CO)C(OC(C)=O)CC(O)CC1. The van der Waals surface area contributed by atoms with Crippen LogP contribution in [-0.4, -0.2) is 72.2 Å². The molecule has 7 N–H and O–H groups in total. The average molecular weight is 629 g/mol. The molecule has 10 nitrogen and oxygen atoms in total. The summed E-state index contributed by atoms with van der Waals surface area (Å²) in [6.07, 6.45) is 7.07. The summed E-state index contributed by atoms with van der Waals surface area (Å²) in [5.74, 6) is 7.40. The van der Waals surface area contributed by atoms with Crippen LogP contribution in [0.4, 0.5) is 0 Å². The summed E-state index contributed by atoms with van der Waals surface area (Å²) in [5, 5.41) is 38.8. The molecule has 1 aromatic carbocycles. The number of esters is 1. The summed E-state index contributed by atoms with van der Waals surface area (Å²) < 4.78 is 12.0. The Hall–Kier alpha value is -3.00. The van der Waals surface area contributed by atoms with Crippen molar-refractivity contribution >= 4 is 11.9 Å². The van der Waals surface area contributed by atoms with Gasteiger partial charge in [-0.1, -0.05) is 39.0 Å². The average Bonchev–Trinajstić information content (AvgIpc) is 3.02. The number of carbonyl (C=O) groups is 1. The van der Waals surface area contributed by atoms with Crippen molar-refractivity contribution in [3.8, 4) is 23.3 Å². The summed E-state index contributed by atoms with van der Waals surface area (Å²) in [6, 6.07) is 3.36. The molecule has 0 saturated carbocycles. The van der Waals surface area contributed by atoms with Gasteiger partial charge in [0.1, 0.15) is 12.2 Å². The molecule has 252 valence electrons. The van der Waals surface area contributed by atoms with Gasteiger partial charge in [-0.15, -0.1) is 5.92 Å². The minimum absolute atomic E-state index is 0.0109. The van der Waals surface area contributed by atoms with Crippen LogP contribution in [0.1, 0.15) is 96.1 Å². The highest BCUT2D eigenvalue weighted by Gasteiger charge is 2.37. The first-order valence-corrected chi connectivity index (χ1v) is 16.7. The number of piperidine rings is 1. The van der Waals surface area contributed by atoms with Gasteiger partial charge in [0.2, 0.25) is 0 Å². The smallest absolute Gasteiger partial charge is 0.302 e. The number of aliphatic imine (C=N–C) groups is 1. The first kappa shape index (κ1) is 36.5. The number of nitrogens with zero attached hydrogens (tertiary/aromatic N) is 1. The molecule has 0 radical (unpaired) electrons. The summed E-state index contributed by atoms with van der Waals surface area (Å²) in [7, 11) is 1.65. The standard InChI is InChI=1S/C35H56N4O6/c1-5-6-7-9-24(2)35(23-39-34(36)37-4)14-8-10-26(32(44-25(3)41)21-29(42)11-15-35)18-27-20-33(31(43)19-28(27)22-40)45-30-12-16-38-17-13-30/h19-20,24,26,29-30,32,38,40,42-43H,5-7,9-13,15-18,21-23H2,1-4H3,(H3,36,37,39). The monoisotopic (exact) mass is 628 g/mol. The van der Waals surface area contributed by atoms with Gasteiger partial charge < -0.3 is 41.2 Å². The highest BCUT2D eigenvalue weighted by molar-refractivity contribution is 5.77. The Morgan fingerprint density at radius 3 is 2.67 bits per heavy atom. The van der Waals surface area contributed by atoms with Crippen molar-refractivity contribution in [3.63, 3.8) is 0 Å². The van der Waals surface area contributed by atoms with Crippen LogP contribution < -0.4 is 21.1 Å². The number of ether oxygens (including phenoxy) is 2. The van der Waals surface area contributed by atoms with Crippen molar-refractivity contribution in [2.45, 2.75) is 116 Å². The van der Waals surface area contributed by atoms with Crippen LogP contribution in [0.15, 0.2) is 17.1 Å². The van der Waals surface area contributed by atoms with E-state index in [0.717, 1.165) is 57.2 Å². The van der Waals surface area contributed by atoms with Crippen LogP contribution in [0.2, 0.25) is 0 Å². The molecule has 1 aliphatic carbocycles. The molecule has 0 amide bonds. The van der Waals surface area contributed by atoms with Crippen molar-refractivity contribution in [3.05, 3.63) is 23.3 Å². The van der Waals surface area contributed by atoms with E-state index in [1.165, 1.54) is 6.92 Å². The highest BCUT2D eigenvalue weighted by atomic mass is 16.5. The number of phenolic OH excluding ortho intramolecular Hbond substituents is 1. The summed E-state index contributed by atoms with van der Waals surface area (Å²) in [6.45, 7) is 7.77. The van der Waals surface area contributed by atoms with Crippen LogP contribution in [0.5, 0.6) is 11.5 Å². The van der Waals surface area contributed by atoms with E-state index in [9.17, 15) is 20.1 Å². The van der Waals surface area contributed by atoms with Gasteiger partial charge in [-0.25, -0.2) is 0 Å². The number of hydrogen-bond donors (Lipinski definition) is 6. The fourth-order valence-electron chi connectivity index (χ4n) is 6.56. The number of aliphatic hydroxyl groups is 2. The number of carbonyl (C=O) groups excluding carboxylic acids is 1. The highest BCUT2D eigenvalue weighted by Crippen LogP contribution is 2.39. The molecule has 0 spiro atoms. The summed E-state index contributed by atoms with van der Waals surface area (Å²) in [5.41, 5.74) is 6.98. The van der Waals surface area contributed by atoms with Crippen LogP contribution in [0.25, 0.3) is 0 Å². The molecule has 45 heavy (non-hydrogen) atoms. The van der Waals surface area contributed by atoms with E-state index in [1.807, 2.05) is 0 Å². The Morgan fingerprint density at radius 1 is 1.24 bits per heavy atom. The van der Waals surface area contributed by atoms with Crippen molar-refractivity contribution < 1.29 is 29.6 Å². The lowest BCUT2D eigenvalue weighted by atomic mass is 9.69. The molecular weight excluding hydrogens is 572 g/mol. The Bertz CT molecular complexity index is 1170. The summed E-state index contributed by atoms with van der Waals surface area (Å²) >= 11 is 0. The lowest BCUT2D eigenvalue weighted by Crippen LogP contribution is -2.44. The zero-order valence-corrected chi connectivity index (χ0v) is 27.7. The molecule has 10 heteroatoms. The third kappa shape index (κ3) is 11.1. The molecule has 1 heterocycles. The molecule has 5 unspecified atom stereocenters. The number of rotatable bonds is 13. The molecule has 5 atom stereocenters. The third-order valence-corrected chi connectivity index (χ3v) is 9.50.